The molecule has 1 amide bonds. The monoisotopic (exact) mass is 375 g/mol. The molecule has 0 aliphatic carbocycles. The average molecular weight is 376 g/mol. The molecule has 138 valence electrons. The third-order valence-electron chi connectivity index (χ3n) is 3.78. The van der Waals surface area contributed by atoms with Crippen LogP contribution in [-0.2, 0) is 27.2 Å². The number of halogens is 1. The van der Waals surface area contributed by atoms with E-state index in [1.54, 1.807) is 25.3 Å². The lowest BCUT2D eigenvalue weighted by Gasteiger charge is -2.10. The highest BCUT2D eigenvalue weighted by Gasteiger charge is 2.12. The Hall–Kier alpha value is -2.53. The lowest BCUT2D eigenvalue weighted by Crippen LogP contribution is -2.30. The van der Waals surface area contributed by atoms with Gasteiger partial charge in [0.05, 0.1) is 13.5 Å². The number of rotatable bonds is 8. The van der Waals surface area contributed by atoms with E-state index in [0.29, 0.717) is 23.7 Å². The molecule has 0 heterocycles. The second-order valence-electron chi connectivity index (χ2n) is 5.88. The van der Waals surface area contributed by atoms with Gasteiger partial charge in [-0.25, -0.2) is 0 Å². The molecule has 0 saturated heterocycles. The number of benzene rings is 2. The van der Waals surface area contributed by atoms with Crippen molar-refractivity contribution in [3.8, 4) is 5.75 Å². The van der Waals surface area contributed by atoms with Gasteiger partial charge in [0.2, 0.25) is 0 Å². The van der Waals surface area contributed by atoms with Crippen molar-refractivity contribution >= 4 is 23.5 Å². The first-order chi connectivity index (χ1) is 12.5. The molecule has 5 nitrogen and oxygen atoms in total. The molecule has 2 aromatic rings. The highest BCUT2D eigenvalue weighted by atomic mass is 35.5. The summed E-state index contributed by atoms with van der Waals surface area (Å²) in [7, 11) is 1.55. The van der Waals surface area contributed by atoms with Gasteiger partial charge in [0.1, 0.15) is 5.75 Å². The van der Waals surface area contributed by atoms with Crippen LogP contribution in [-0.4, -0.2) is 32.1 Å². The maximum absolute atomic E-state index is 12.0. The van der Waals surface area contributed by atoms with Gasteiger partial charge in [0.15, 0.2) is 6.61 Å². The fourth-order valence-corrected chi connectivity index (χ4v) is 2.57. The minimum Gasteiger partial charge on any atom is -0.496 e. The van der Waals surface area contributed by atoms with Crippen LogP contribution < -0.4 is 10.1 Å². The Labute approximate surface area is 158 Å². The standard InChI is InChI=1S/C20H22ClNO4/c1-14-3-8-18(25-2)16(11-14)12-20(24)26-13-19(23)22-10-9-15-4-6-17(21)7-5-15/h3-8,11H,9-10,12-13H2,1-2H3,(H,22,23). The molecule has 0 atom stereocenters. The van der Waals surface area contributed by atoms with E-state index >= 15 is 0 Å². The van der Waals surface area contributed by atoms with Crippen molar-refractivity contribution in [3.05, 3.63) is 64.2 Å². The summed E-state index contributed by atoms with van der Waals surface area (Å²) in [6.45, 7) is 2.10. The van der Waals surface area contributed by atoms with Gasteiger partial charge in [0, 0.05) is 17.1 Å². The van der Waals surface area contributed by atoms with Crippen LogP contribution >= 0.6 is 11.6 Å². The minimum absolute atomic E-state index is 0.0584. The zero-order chi connectivity index (χ0) is 18.9. The lowest BCUT2D eigenvalue weighted by atomic mass is 10.1. The molecule has 0 bridgehead atoms. The summed E-state index contributed by atoms with van der Waals surface area (Å²) >= 11 is 5.83. The number of methoxy groups -OCH3 is 1. The zero-order valence-electron chi connectivity index (χ0n) is 14.9. The number of hydrogen-bond acceptors (Lipinski definition) is 4. The Morgan fingerprint density at radius 3 is 2.54 bits per heavy atom. The van der Waals surface area contributed by atoms with E-state index in [4.69, 9.17) is 21.1 Å². The Kier molecular flexibility index (Phi) is 7.48. The normalized spacial score (nSPS) is 10.3. The van der Waals surface area contributed by atoms with E-state index in [9.17, 15) is 9.59 Å². The Morgan fingerprint density at radius 1 is 1.12 bits per heavy atom. The van der Waals surface area contributed by atoms with E-state index in [0.717, 1.165) is 16.7 Å². The smallest absolute Gasteiger partial charge is 0.310 e. The van der Waals surface area contributed by atoms with Crippen molar-refractivity contribution in [2.24, 2.45) is 0 Å². The number of ether oxygens (including phenoxy) is 2. The summed E-state index contributed by atoms with van der Waals surface area (Å²) in [5, 5.41) is 3.40. The lowest BCUT2D eigenvalue weighted by molar-refractivity contribution is -0.147. The van der Waals surface area contributed by atoms with Gasteiger partial charge < -0.3 is 14.8 Å². The fraction of sp³-hybridized carbons (Fsp3) is 0.300. The van der Waals surface area contributed by atoms with Crippen molar-refractivity contribution in [1.29, 1.82) is 0 Å². The minimum atomic E-state index is -0.471. The number of aryl methyl sites for hydroxylation is 1. The van der Waals surface area contributed by atoms with Crippen molar-refractivity contribution in [2.45, 2.75) is 19.8 Å². The molecule has 0 saturated carbocycles. The molecular weight excluding hydrogens is 354 g/mol. The van der Waals surface area contributed by atoms with Gasteiger partial charge in [-0.2, -0.15) is 0 Å². The summed E-state index contributed by atoms with van der Waals surface area (Å²) in [6.07, 6.45) is 0.736. The van der Waals surface area contributed by atoms with E-state index in [2.05, 4.69) is 5.32 Å². The zero-order valence-corrected chi connectivity index (χ0v) is 15.6. The van der Waals surface area contributed by atoms with E-state index in [1.165, 1.54) is 0 Å². The number of esters is 1. The second-order valence-corrected chi connectivity index (χ2v) is 6.32. The SMILES string of the molecule is COc1ccc(C)cc1CC(=O)OCC(=O)NCCc1ccc(Cl)cc1. The molecule has 6 heteroatoms. The number of hydrogen-bond donors (Lipinski definition) is 1. The number of nitrogens with one attached hydrogen (secondary N) is 1. The number of carbonyl (C=O) groups excluding carboxylic acids is 2. The van der Waals surface area contributed by atoms with E-state index in [1.807, 2.05) is 31.2 Å². The van der Waals surface area contributed by atoms with Gasteiger partial charge >= 0.3 is 5.97 Å². The summed E-state index contributed by atoms with van der Waals surface area (Å²) in [5.74, 6) is -0.176. The predicted octanol–water partition coefficient (Wildman–Crippen LogP) is 3.10. The molecule has 0 aromatic heterocycles. The quantitative estimate of drug-likeness (QED) is 0.720. The van der Waals surface area contributed by atoms with Crippen LogP contribution in [0.2, 0.25) is 5.02 Å². The maximum atomic E-state index is 12.0. The highest BCUT2D eigenvalue weighted by Crippen LogP contribution is 2.20. The van der Waals surface area contributed by atoms with Crippen LogP contribution in [0.5, 0.6) is 5.75 Å². The Bertz CT molecular complexity index is 759. The van der Waals surface area contributed by atoms with Gasteiger partial charge in [0.25, 0.3) is 5.91 Å². The Morgan fingerprint density at radius 2 is 1.85 bits per heavy atom. The van der Waals surface area contributed by atoms with Crippen molar-refractivity contribution in [3.63, 3.8) is 0 Å². The molecule has 0 fully saturated rings. The summed E-state index contributed by atoms with van der Waals surface area (Å²) in [5.41, 5.74) is 2.83. The molecule has 0 aliphatic heterocycles. The van der Waals surface area contributed by atoms with E-state index in [-0.39, 0.29) is 18.9 Å². The van der Waals surface area contributed by atoms with Crippen LogP contribution in [0.4, 0.5) is 0 Å². The summed E-state index contributed by atoms with van der Waals surface area (Å²) in [6, 6.07) is 13.0. The van der Waals surface area contributed by atoms with Crippen LogP contribution in [0, 0.1) is 6.92 Å². The third kappa shape index (κ3) is 6.41. The van der Waals surface area contributed by atoms with Gasteiger partial charge in [-0.15, -0.1) is 0 Å². The maximum Gasteiger partial charge on any atom is 0.310 e. The highest BCUT2D eigenvalue weighted by molar-refractivity contribution is 6.30. The second kappa shape index (κ2) is 9.82. The van der Waals surface area contributed by atoms with Crippen molar-refractivity contribution in [1.82, 2.24) is 5.32 Å². The summed E-state index contributed by atoms with van der Waals surface area (Å²) < 4.78 is 10.3. The van der Waals surface area contributed by atoms with Crippen molar-refractivity contribution < 1.29 is 19.1 Å². The molecule has 1 N–H and O–H groups in total. The van der Waals surface area contributed by atoms with E-state index < -0.39 is 5.97 Å². The van der Waals surface area contributed by atoms with Gasteiger partial charge in [-0.1, -0.05) is 41.4 Å². The Balaban J connectivity index is 1.72. The van der Waals surface area contributed by atoms with Gasteiger partial charge in [-0.3, -0.25) is 9.59 Å². The topological polar surface area (TPSA) is 64.6 Å². The first kappa shape index (κ1) is 19.8. The summed E-state index contributed by atoms with van der Waals surface area (Å²) in [4.78, 5) is 23.7. The number of carbonyl (C=O) groups is 2. The molecule has 2 rings (SSSR count). The number of amides is 1. The fourth-order valence-electron chi connectivity index (χ4n) is 2.45. The largest absolute Gasteiger partial charge is 0.496 e. The molecule has 0 aliphatic rings. The first-order valence-electron chi connectivity index (χ1n) is 8.28. The molecule has 0 unspecified atom stereocenters. The van der Waals surface area contributed by atoms with Gasteiger partial charge in [-0.05, 0) is 37.1 Å². The third-order valence-corrected chi connectivity index (χ3v) is 4.04. The van der Waals surface area contributed by atoms with Crippen LogP contribution in [0.25, 0.3) is 0 Å². The molecule has 0 radical (unpaired) electrons. The van der Waals surface area contributed by atoms with Crippen LogP contribution in [0.15, 0.2) is 42.5 Å². The average Bonchev–Trinajstić information content (AvgIpc) is 2.62. The molecule has 2 aromatic carbocycles. The molecule has 0 spiro atoms. The van der Waals surface area contributed by atoms with Crippen molar-refractivity contribution in [2.75, 3.05) is 20.3 Å². The van der Waals surface area contributed by atoms with Crippen LogP contribution in [0.1, 0.15) is 16.7 Å². The van der Waals surface area contributed by atoms with Crippen LogP contribution in [0.3, 0.4) is 0 Å². The molecular formula is C20H22ClNO4. The molecule has 26 heavy (non-hydrogen) atoms. The first-order valence-corrected chi connectivity index (χ1v) is 8.66. The predicted molar refractivity (Wildman–Crippen MR) is 101 cm³/mol.